The molecule has 0 aliphatic carbocycles. The highest BCUT2D eigenvalue weighted by Gasteiger charge is 2.47. The Labute approximate surface area is 123 Å². The summed E-state index contributed by atoms with van der Waals surface area (Å²) >= 11 is 1.53. The van der Waals surface area contributed by atoms with Crippen molar-refractivity contribution in [3.05, 3.63) is 16.6 Å². The highest BCUT2D eigenvalue weighted by molar-refractivity contribution is 7.09. The van der Waals surface area contributed by atoms with Crippen LogP contribution < -0.4 is 5.32 Å². The minimum Gasteiger partial charge on any atom is -0.340 e. The van der Waals surface area contributed by atoms with Crippen molar-refractivity contribution in [2.45, 2.75) is 58.2 Å². The van der Waals surface area contributed by atoms with Gasteiger partial charge < -0.3 is 10.2 Å². The van der Waals surface area contributed by atoms with Gasteiger partial charge in [0, 0.05) is 11.6 Å². The first-order chi connectivity index (χ1) is 9.42. The zero-order valence-electron chi connectivity index (χ0n) is 12.3. The van der Waals surface area contributed by atoms with Crippen LogP contribution in [0, 0.1) is 0 Å². The standard InChI is InChI=1S/C14H21N3O2S/c1-5-9-11(18)16-14(3,4)13(19)17(9)10(6-2)12-15-7-8-20-12/h7-10H,5-6H2,1-4H3,(H,16,18). The van der Waals surface area contributed by atoms with Crippen molar-refractivity contribution < 1.29 is 9.59 Å². The average Bonchev–Trinajstić information content (AvgIpc) is 2.89. The molecule has 1 N–H and O–H groups in total. The summed E-state index contributed by atoms with van der Waals surface area (Å²) in [5.74, 6) is -0.113. The molecule has 1 saturated heterocycles. The normalized spacial score (nSPS) is 23.6. The molecule has 1 aromatic heterocycles. The summed E-state index contributed by atoms with van der Waals surface area (Å²) in [7, 11) is 0. The molecule has 0 bridgehead atoms. The Bertz CT molecular complexity index is 499. The van der Waals surface area contributed by atoms with E-state index < -0.39 is 11.6 Å². The molecule has 0 saturated carbocycles. The summed E-state index contributed by atoms with van der Waals surface area (Å²) in [5.41, 5.74) is -0.854. The molecule has 2 atom stereocenters. The van der Waals surface area contributed by atoms with Crippen molar-refractivity contribution >= 4 is 23.2 Å². The Balaban J connectivity index is 2.42. The van der Waals surface area contributed by atoms with Crippen LogP contribution in [0.5, 0.6) is 0 Å². The molecule has 1 aromatic rings. The van der Waals surface area contributed by atoms with E-state index in [0.717, 1.165) is 11.4 Å². The van der Waals surface area contributed by atoms with Gasteiger partial charge in [-0.2, -0.15) is 0 Å². The van der Waals surface area contributed by atoms with Crippen LogP contribution in [0.2, 0.25) is 0 Å². The fraction of sp³-hybridized carbons (Fsp3) is 0.643. The van der Waals surface area contributed by atoms with Crippen molar-refractivity contribution in [2.75, 3.05) is 0 Å². The van der Waals surface area contributed by atoms with Gasteiger partial charge >= 0.3 is 0 Å². The second kappa shape index (κ2) is 5.52. The molecule has 20 heavy (non-hydrogen) atoms. The lowest BCUT2D eigenvalue weighted by Crippen LogP contribution is -2.68. The van der Waals surface area contributed by atoms with Gasteiger partial charge in [-0.15, -0.1) is 11.3 Å². The maximum absolute atomic E-state index is 12.7. The van der Waals surface area contributed by atoms with Gasteiger partial charge in [0.1, 0.15) is 16.6 Å². The number of carbonyl (C=O) groups is 2. The van der Waals surface area contributed by atoms with Crippen LogP contribution in [-0.4, -0.2) is 33.3 Å². The van der Waals surface area contributed by atoms with Gasteiger partial charge in [-0.3, -0.25) is 9.59 Å². The number of hydrogen-bond donors (Lipinski definition) is 1. The second-order valence-electron chi connectivity index (χ2n) is 5.55. The van der Waals surface area contributed by atoms with Crippen molar-refractivity contribution in [2.24, 2.45) is 0 Å². The predicted molar refractivity (Wildman–Crippen MR) is 78.3 cm³/mol. The van der Waals surface area contributed by atoms with E-state index in [1.807, 2.05) is 19.2 Å². The number of amides is 2. The molecule has 0 aromatic carbocycles. The smallest absolute Gasteiger partial charge is 0.249 e. The van der Waals surface area contributed by atoms with E-state index in [9.17, 15) is 9.59 Å². The van der Waals surface area contributed by atoms with Gasteiger partial charge in [-0.05, 0) is 26.7 Å². The van der Waals surface area contributed by atoms with Gasteiger partial charge in [-0.25, -0.2) is 4.98 Å². The number of nitrogens with one attached hydrogen (secondary N) is 1. The van der Waals surface area contributed by atoms with Crippen LogP contribution in [0.4, 0.5) is 0 Å². The number of carbonyl (C=O) groups excluding carboxylic acids is 2. The maximum Gasteiger partial charge on any atom is 0.249 e. The molecule has 1 aliphatic heterocycles. The van der Waals surface area contributed by atoms with Crippen LogP contribution >= 0.6 is 11.3 Å². The van der Waals surface area contributed by atoms with E-state index in [1.165, 1.54) is 11.3 Å². The summed E-state index contributed by atoms with van der Waals surface area (Å²) in [5, 5.41) is 5.61. The molecule has 0 spiro atoms. The van der Waals surface area contributed by atoms with E-state index in [4.69, 9.17) is 0 Å². The quantitative estimate of drug-likeness (QED) is 0.925. The fourth-order valence-electron chi connectivity index (χ4n) is 2.67. The first kappa shape index (κ1) is 15.0. The summed E-state index contributed by atoms with van der Waals surface area (Å²) in [4.78, 5) is 31.1. The van der Waals surface area contributed by atoms with Crippen LogP contribution in [0.15, 0.2) is 11.6 Å². The third-order valence-electron chi connectivity index (χ3n) is 3.69. The highest BCUT2D eigenvalue weighted by atomic mass is 32.1. The Hall–Kier alpha value is -1.43. The van der Waals surface area contributed by atoms with Crippen molar-refractivity contribution in [1.29, 1.82) is 0 Å². The highest BCUT2D eigenvalue weighted by Crippen LogP contribution is 2.33. The zero-order chi connectivity index (χ0) is 14.9. The largest absolute Gasteiger partial charge is 0.340 e. The number of thiazole rings is 1. The molecule has 1 fully saturated rings. The van der Waals surface area contributed by atoms with E-state index in [2.05, 4.69) is 10.3 Å². The Morgan fingerprint density at radius 1 is 1.45 bits per heavy atom. The van der Waals surface area contributed by atoms with Crippen molar-refractivity contribution in [1.82, 2.24) is 15.2 Å². The van der Waals surface area contributed by atoms with Gasteiger partial charge in [0.15, 0.2) is 0 Å². The molecule has 2 rings (SSSR count). The minimum atomic E-state index is -0.854. The molecule has 2 unspecified atom stereocenters. The number of aromatic nitrogens is 1. The predicted octanol–water partition coefficient (Wildman–Crippen LogP) is 2.11. The Morgan fingerprint density at radius 2 is 2.15 bits per heavy atom. The molecule has 2 heterocycles. The van der Waals surface area contributed by atoms with Crippen LogP contribution in [-0.2, 0) is 9.59 Å². The number of nitrogens with zero attached hydrogens (tertiary/aromatic N) is 2. The second-order valence-corrected chi connectivity index (χ2v) is 6.47. The molecule has 5 nitrogen and oxygen atoms in total. The van der Waals surface area contributed by atoms with E-state index in [-0.39, 0.29) is 17.9 Å². The Morgan fingerprint density at radius 3 is 2.65 bits per heavy atom. The monoisotopic (exact) mass is 295 g/mol. The summed E-state index contributed by atoms with van der Waals surface area (Å²) in [6.45, 7) is 7.45. The molecular weight excluding hydrogens is 274 g/mol. The number of piperazine rings is 1. The van der Waals surface area contributed by atoms with Gasteiger partial charge in [0.05, 0.1) is 6.04 Å². The molecular formula is C14H21N3O2S. The summed E-state index contributed by atoms with van der Waals surface area (Å²) < 4.78 is 0. The van der Waals surface area contributed by atoms with Crippen LogP contribution in [0.25, 0.3) is 0 Å². The maximum atomic E-state index is 12.7. The molecule has 0 radical (unpaired) electrons. The van der Waals surface area contributed by atoms with E-state index >= 15 is 0 Å². The van der Waals surface area contributed by atoms with Crippen molar-refractivity contribution in [3.8, 4) is 0 Å². The SMILES string of the molecule is CCC1C(=O)NC(C)(C)C(=O)N1C(CC)c1nccs1. The van der Waals surface area contributed by atoms with E-state index in [0.29, 0.717) is 6.42 Å². The number of hydrogen-bond acceptors (Lipinski definition) is 4. The molecule has 6 heteroatoms. The summed E-state index contributed by atoms with van der Waals surface area (Å²) in [6, 6.07) is -0.540. The fourth-order valence-corrected chi connectivity index (χ4v) is 3.49. The van der Waals surface area contributed by atoms with E-state index in [1.54, 1.807) is 24.9 Å². The lowest BCUT2D eigenvalue weighted by Gasteiger charge is -2.45. The van der Waals surface area contributed by atoms with Gasteiger partial charge in [-0.1, -0.05) is 13.8 Å². The first-order valence-corrected chi connectivity index (χ1v) is 7.84. The molecule has 110 valence electrons. The van der Waals surface area contributed by atoms with Crippen LogP contribution in [0.3, 0.4) is 0 Å². The lowest BCUT2D eigenvalue weighted by molar-refractivity contribution is -0.157. The third kappa shape index (κ3) is 2.44. The zero-order valence-corrected chi connectivity index (χ0v) is 13.2. The third-order valence-corrected chi connectivity index (χ3v) is 4.57. The van der Waals surface area contributed by atoms with Crippen LogP contribution in [0.1, 0.15) is 51.6 Å². The molecule has 1 aliphatic rings. The Kier molecular flexibility index (Phi) is 4.13. The topological polar surface area (TPSA) is 62.3 Å². The summed E-state index contributed by atoms with van der Waals surface area (Å²) in [6.07, 6.45) is 3.10. The lowest BCUT2D eigenvalue weighted by atomic mass is 9.93. The van der Waals surface area contributed by atoms with Crippen molar-refractivity contribution in [3.63, 3.8) is 0 Å². The van der Waals surface area contributed by atoms with Gasteiger partial charge in [0.2, 0.25) is 11.8 Å². The van der Waals surface area contributed by atoms with Gasteiger partial charge in [0.25, 0.3) is 0 Å². The minimum absolute atomic E-state index is 0.0361. The first-order valence-electron chi connectivity index (χ1n) is 6.96. The average molecular weight is 295 g/mol. The molecule has 2 amide bonds. The number of rotatable bonds is 4.